The minimum Gasteiger partial charge on any atom is -0.339 e. The molecule has 0 saturated carbocycles. The Kier molecular flexibility index (Phi) is 4.22. The Balaban J connectivity index is 2.48. The first kappa shape index (κ1) is 10.5. The van der Waals surface area contributed by atoms with Crippen LogP contribution in [-0.4, -0.2) is 36.5 Å². The molecule has 1 rings (SSSR count). The van der Waals surface area contributed by atoms with Crippen LogP contribution in [0.2, 0.25) is 0 Å². The zero-order chi connectivity index (χ0) is 9.68. The topological polar surface area (TPSA) is 32.3 Å². The van der Waals surface area contributed by atoms with Gasteiger partial charge in [-0.15, -0.1) is 0 Å². The van der Waals surface area contributed by atoms with E-state index >= 15 is 0 Å². The average molecular weight is 184 g/mol. The van der Waals surface area contributed by atoms with Crippen LogP contribution in [0, 0.1) is 0 Å². The normalized spacial score (nSPS) is 22.8. The van der Waals surface area contributed by atoms with Crippen molar-refractivity contribution in [3.05, 3.63) is 0 Å². The van der Waals surface area contributed by atoms with Gasteiger partial charge in [0.1, 0.15) is 0 Å². The highest BCUT2D eigenvalue weighted by Gasteiger charge is 2.22. The summed E-state index contributed by atoms with van der Waals surface area (Å²) in [6.45, 7) is 6.91. The van der Waals surface area contributed by atoms with Crippen LogP contribution in [-0.2, 0) is 4.79 Å². The van der Waals surface area contributed by atoms with E-state index in [0.717, 1.165) is 26.1 Å². The smallest absolute Gasteiger partial charge is 0.222 e. The van der Waals surface area contributed by atoms with Crippen LogP contribution in [0.4, 0.5) is 0 Å². The molecule has 13 heavy (non-hydrogen) atoms. The van der Waals surface area contributed by atoms with E-state index in [4.69, 9.17) is 0 Å². The van der Waals surface area contributed by atoms with Crippen molar-refractivity contribution < 1.29 is 4.79 Å². The van der Waals surface area contributed by atoms with Crippen molar-refractivity contribution in [3.8, 4) is 0 Å². The van der Waals surface area contributed by atoms with Crippen molar-refractivity contribution in [1.82, 2.24) is 10.2 Å². The lowest BCUT2D eigenvalue weighted by molar-refractivity contribution is -0.133. The van der Waals surface area contributed by atoms with E-state index in [-0.39, 0.29) is 5.91 Å². The molecule has 1 fully saturated rings. The summed E-state index contributed by atoms with van der Waals surface area (Å²) in [5, 5.41) is 3.33. The fourth-order valence-corrected chi connectivity index (χ4v) is 1.94. The first-order chi connectivity index (χ1) is 6.29. The molecule has 1 N–H and O–H groups in total. The molecule has 1 aliphatic rings. The van der Waals surface area contributed by atoms with Gasteiger partial charge in [0.25, 0.3) is 0 Å². The van der Waals surface area contributed by atoms with Crippen molar-refractivity contribution in [2.75, 3.05) is 19.6 Å². The number of amides is 1. The Morgan fingerprint density at radius 1 is 1.54 bits per heavy atom. The maximum Gasteiger partial charge on any atom is 0.222 e. The quantitative estimate of drug-likeness (QED) is 0.709. The molecule has 1 amide bonds. The highest BCUT2D eigenvalue weighted by atomic mass is 16.2. The van der Waals surface area contributed by atoms with Crippen LogP contribution in [0.5, 0.6) is 0 Å². The van der Waals surface area contributed by atoms with E-state index in [2.05, 4.69) is 12.2 Å². The molecule has 3 heteroatoms. The van der Waals surface area contributed by atoms with Crippen LogP contribution < -0.4 is 5.32 Å². The van der Waals surface area contributed by atoms with Gasteiger partial charge in [0.05, 0.1) is 0 Å². The van der Waals surface area contributed by atoms with Gasteiger partial charge in [-0.2, -0.15) is 0 Å². The highest BCUT2D eigenvalue weighted by Crippen LogP contribution is 2.11. The summed E-state index contributed by atoms with van der Waals surface area (Å²) in [6.07, 6.45) is 2.98. The third-order valence-corrected chi connectivity index (χ3v) is 2.68. The first-order valence-electron chi connectivity index (χ1n) is 5.29. The summed E-state index contributed by atoms with van der Waals surface area (Å²) in [6, 6.07) is 0.436. The summed E-state index contributed by atoms with van der Waals surface area (Å²) in [7, 11) is 0. The van der Waals surface area contributed by atoms with Gasteiger partial charge in [0.15, 0.2) is 0 Å². The monoisotopic (exact) mass is 184 g/mol. The SMILES string of the molecule is CCC(=O)N(CC)[C@@H]1CCCNC1. The van der Waals surface area contributed by atoms with Gasteiger partial charge in [-0.05, 0) is 26.3 Å². The molecule has 1 saturated heterocycles. The lowest BCUT2D eigenvalue weighted by Crippen LogP contribution is -2.48. The molecule has 0 bridgehead atoms. The Labute approximate surface area is 80.5 Å². The van der Waals surface area contributed by atoms with Crippen LogP contribution in [0.3, 0.4) is 0 Å². The minimum atomic E-state index is 0.288. The van der Waals surface area contributed by atoms with E-state index in [1.807, 2.05) is 11.8 Å². The number of likely N-dealkylation sites (N-methyl/N-ethyl adjacent to an activating group) is 1. The summed E-state index contributed by atoms with van der Waals surface area (Å²) in [5.74, 6) is 0.288. The molecule has 1 atom stereocenters. The largest absolute Gasteiger partial charge is 0.339 e. The Morgan fingerprint density at radius 3 is 2.77 bits per heavy atom. The fourth-order valence-electron chi connectivity index (χ4n) is 1.94. The van der Waals surface area contributed by atoms with E-state index < -0.39 is 0 Å². The lowest BCUT2D eigenvalue weighted by atomic mass is 10.1. The van der Waals surface area contributed by atoms with Crippen LogP contribution in [0.1, 0.15) is 33.1 Å². The predicted octanol–water partition coefficient (Wildman–Crippen LogP) is 0.997. The molecule has 0 aromatic carbocycles. The van der Waals surface area contributed by atoms with E-state index in [1.54, 1.807) is 0 Å². The second-order valence-electron chi connectivity index (χ2n) is 3.53. The predicted molar refractivity (Wildman–Crippen MR) is 53.6 cm³/mol. The lowest BCUT2D eigenvalue weighted by Gasteiger charge is -2.33. The van der Waals surface area contributed by atoms with Crippen LogP contribution in [0.25, 0.3) is 0 Å². The van der Waals surface area contributed by atoms with Gasteiger partial charge >= 0.3 is 0 Å². The van der Waals surface area contributed by atoms with Gasteiger partial charge in [-0.1, -0.05) is 6.92 Å². The Hall–Kier alpha value is -0.570. The first-order valence-corrected chi connectivity index (χ1v) is 5.29. The van der Waals surface area contributed by atoms with Crippen molar-refractivity contribution in [1.29, 1.82) is 0 Å². The number of nitrogens with zero attached hydrogens (tertiary/aromatic N) is 1. The number of carbonyl (C=O) groups is 1. The molecule has 0 radical (unpaired) electrons. The van der Waals surface area contributed by atoms with Gasteiger partial charge < -0.3 is 10.2 Å². The molecule has 0 aromatic rings. The maximum absolute atomic E-state index is 11.5. The molecule has 0 aromatic heterocycles. The summed E-state index contributed by atoms with van der Waals surface area (Å²) in [5.41, 5.74) is 0. The van der Waals surface area contributed by atoms with Crippen molar-refractivity contribution in [3.63, 3.8) is 0 Å². The molecule has 76 valence electrons. The zero-order valence-corrected chi connectivity index (χ0v) is 8.68. The molecular formula is C10H20N2O. The van der Waals surface area contributed by atoms with Gasteiger partial charge in [0, 0.05) is 25.6 Å². The van der Waals surface area contributed by atoms with E-state index in [1.165, 1.54) is 6.42 Å². The molecule has 1 aliphatic heterocycles. The second-order valence-corrected chi connectivity index (χ2v) is 3.53. The number of hydrogen-bond donors (Lipinski definition) is 1. The standard InChI is InChI=1S/C10H20N2O/c1-3-10(13)12(4-2)9-6-5-7-11-8-9/h9,11H,3-8H2,1-2H3/t9-/m1/s1. The van der Waals surface area contributed by atoms with Crippen molar-refractivity contribution in [2.45, 2.75) is 39.2 Å². The summed E-state index contributed by atoms with van der Waals surface area (Å²) in [4.78, 5) is 13.5. The summed E-state index contributed by atoms with van der Waals surface area (Å²) < 4.78 is 0. The Morgan fingerprint density at radius 2 is 2.31 bits per heavy atom. The van der Waals surface area contributed by atoms with Crippen LogP contribution >= 0.6 is 0 Å². The Bertz CT molecular complexity index is 164. The molecule has 3 nitrogen and oxygen atoms in total. The maximum atomic E-state index is 11.5. The van der Waals surface area contributed by atoms with E-state index in [9.17, 15) is 4.79 Å². The highest BCUT2D eigenvalue weighted by molar-refractivity contribution is 5.76. The van der Waals surface area contributed by atoms with Gasteiger partial charge in [-0.3, -0.25) is 4.79 Å². The number of carbonyl (C=O) groups excluding carboxylic acids is 1. The molecule has 1 heterocycles. The van der Waals surface area contributed by atoms with Gasteiger partial charge in [-0.25, -0.2) is 0 Å². The fraction of sp³-hybridized carbons (Fsp3) is 0.900. The van der Waals surface area contributed by atoms with Crippen molar-refractivity contribution >= 4 is 5.91 Å². The number of nitrogens with one attached hydrogen (secondary N) is 1. The second kappa shape index (κ2) is 5.22. The minimum absolute atomic E-state index is 0.288. The van der Waals surface area contributed by atoms with Crippen LogP contribution in [0.15, 0.2) is 0 Å². The molecule has 0 aliphatic carbocycles. The number of piperidine rings is 1. The average Bonchev–Trinajstić information content (AvgIpc) is 2.20. The molecular weight excluding hydrogens is 164 g/mol. The van der Waals surface area contributed by atoms with E-state index in [0.29, 0.717) is 12.5 Å². The number of hydrogen-bond acceptors (Lipinski definition) is 2. The molecule has 0 unspecified atom stereocenters. The third kappa shape index (κ3) is 2.69. The van der Waals surface area contributed by atoms with Gasteiger partial charge in [0.2, 0.25) is 5.91 Å². The molecule has 0 spiro atoms. The zero-order valence-electron chi connectivity index (χ0n) is 8.68. The number of rotatable bonds is 3. The summed E-state index contributed by atoms with van der Waals surface area (Å²) >= 11 is 0. The third-order valence-electron chi connectivity index (χ3n) is 2.68. The van der Waals surface area contributed by atoms with Crippen molar-refractivity contribution in [2.24, 2.45) is 0 Å².